The van der Waals surface area contributed by atoms with Crippen LogP contribution in [0.2, 0.25) is 0 Å². The molecule has 90 valence electrons. The summed E-state index contributed by atoms with van der Waals surface area (Å²) in [6, 6.07) is 8.18. The lowest BCUT2D eigenvalue weighted by Crippen LogP contribution is -2.07. The average Bonchev–Trinajstić information content (AvgIpc) is 2.73. The molecule has 0 aliphatic heterocycles. The standard InChI is InChI=1S/C13H18N4/c1-9(2)13-15-12(8-14)17(16-13)11-6-4-5-10(3)7-11/h4-7,9H,8,14H2,1-3H3. The Morgan fingerprint density at radius 3 is 2.71 bits per heavy atom. The van der Waals surface area contributed by atoms with Crippen molar-refractivity contribution in [3.63, 3.8) is 0 Å². The maximum Gasteiger partial charge on any atom is 0.153 e. The SMILES string of the molecule is Cc1cccc(-n2nc(C(C)C)nc2CN)c1. The Labute approximate surface area is 101 Å². The molecule has 0 unspecified atom stereocenters. The van der Waals surface area contributed by atoms with Gasteiger partial charge in [0, 0.05) is 5.92 Å². The van der Waals surface area contributed by atoms with Crippen LogP contribution >= 0.6 is 0 Å². The van der Waals surface area contributed by atoms with Gasteiger partial charge < -0.3 is 5.73 Å². The molecule has 4 nitrogen and oxygen atoms in total. The number of nitrogens with two attached hydrogens (primary N) is 1. The van der Waals surface area contributed by atoms with Crippen molar-refractivity contribution in [2.24, 2.45) is 5.73 Å². The molecule has 1 aromatic carbocycles. The predicted molar refractivity (Wildman–Crippen MR) is 68.1 cm³/mol. The zero-order chi connectivity index (χ0) is 12.4. The average molecular weight is 230 g/mol. The van der Waals surface area contributed by atoms with Gasteiger partial charge in [-0.3, -0.25) is 0 Å². The molecule has 2 rings (SSSR count). The molecule has 0 atom stereocenters. The predicted octanol–water partition coefficient (Wildman–Crippen LogP) is 2.16. The normalized spacial score (nSPS) is 11.1. The zero-order valence-electron chi connectivity index (χ0n) is 10.5. The molecule has 0 radical (unpaired) electrons. The number of hydrogen-bond acceptors (Lipinski definition) is 3. The first-order chi connectivity index (χ1) is 8.11. The summed E-state index contributed by atoms with van der Waals surface area (Å²) >= 11 is 0. The van der Waals surface area contributed by atoms with Crippen LogP contribution in [-0.4, -0.2) is 14.8 Å². The van der Waals surface area contributed by atoms with E-state index in [1.807, 2.05) is 16.8 Å². The second-order valence-corrected chi connectivity index (χ2v) is 4.50. The van der Waals surface area contributed by atoms with E-state index < -0.39 is 0 Å². The Balaban J connectivity index is 2.50. The summed E-state index contributed by atoms with van der Waals surface area (Å²) < 4.78 is 1.84. The second kappa shape index (κ2) is 4.67. The number of rotatable bonds is 3. The third kappa shape index (κ3) is 2.36. The summed E-state index contributed by atoms with van der Waals surface area (Å²) in [5, 5.41) is 4.52. The van der Waals surface area contributed by atoms with Crippen molar-refractivity contribution in [1.29, 1.82) is 0 Å². The molecule has 0 amide bonds. The van der Waals surface area contributed by atoms with Crippen molar-refractivity contribution in [3.05, 3.63) is 41.5 Å². The lowest BCUT2D eigenvalue weighted by molar-refractivity contribution is 0.745. The first-order valence-corrected chi connectivity index (χ1v) is 5.84. The van der Waals surface area contributed by atoms with Crippen molar-refractivity contribution in [1.82, 2.24) is 14.8 Å². The van der Waals surface area contributed by atoms with Crippen LogP contribution in [0.25, 0.3) is 5.69 Å². The molecular weight excluding hydrogens is 212 g/mol. The Kier molecular flexibility index (Phi) is 3.24. The van der Waals surface area contributed by atoms with Gasteiger partial charge in [0.2, 0.25) is 0 Å². The summed E-state index contributed by atoms with van der Waals surface area (Å²) in [6.07, 6.45) is 0. The molecular formula is C13H18N4. The molecule has 4 heteroatoms. The molecule has 1 aromatic heterocycles. The highest BCUT2D eigenvalue weighted by atomic mass is 15.4. The summed E-state index contributed by atoms with van der Waals surface area (Å²) in [6.45, 7) is 6.62. The molecule has 2 aromatic rings. The van der Waals surface area contributed by atoms with Gasteiger partial charge >= 0.3 is 0 Å². The quantitative estimate of drug-likeness (QED) is 0.879. The minimum atomic E-state index is 0.311. The van der Waals surface area contributed by atoms with Crippen LogP contribution in [0.15, 0.2) is 24.3 Å². The molecule has 0 aliphatic rings. The van der Waals surface area contributed by atoms with Gasteiger partial charge in [0.1, 0.15) is 5.82 Å². The minimum Gasteiger partial charge on any atom is -0.324 e. The van der Waals surface area contributed by atoms with Crippen molar-refractivity contribution in [3.8, 4) is 5.69 Å². The maximum absolute atomic E-state index is 5.72. The van der Waals surface area contributed by atoms with Crippen LogP contribution < -0.4 is 5.73 Å². The minimum absolute atomic E-state index is 0.311. The van der Waals surface area contributed by atoms with Crippen molar-refractivity contribution in [2.45, 2.75) is 33.2 Å². The van der Waals surface area contributed by atoms with Crippen LogP contribution in [0.3, 0.4) is 0 Å². The van der Waals surface area contributed by atoms with Crippen molar-refractivity contribution < 1.29 is 0 Å². The van der Waals surface area contributed by atoms with Crippen LogP contribution in [0.1, 0.15) is 37.0 Å². The Morgan fingerprint density at radius 1 is 1.35 bits per heavy atom. The van der Waals surface area contributed by atoms with E-state index in [4.69, 9.17) is 5.73 Å². The van der Waals surface area contributed by atoms with Gasteiger partial charge in [-0.15, -0.1) is 0 Å². The van der Waals surface area contributed by atoms with Gasteiger partial charge in [0.25, 0.3) is 0 Å². The Hall–Kier alpha value is -1.68. The summed E-state index contributed by atoms with van der Waals surface area (Å²) in [7, 11) is 0. The molecule has 0 saturated heterocycles. The maximum atomic E-state index is 5.72. The van der Waals surface area contributed by atoms with Crippen molar-refractivity contribution >= 4 is 0 Å². The number of nitrogens with zero attached hydrogens (tertiary/aromatic N) is 3. The summed E-state index contributed by atoms with van der Waals surface area (Å²) in [5.74, 6) is 1.96. The Morgan fingerprint density at radius 2 is 2.12 bits per heavy atom. The Bertz CT molecular complexity index is 514. The highest BCUT2D eigenvalue weighted by Gasteiger charge is 2.12. The fourth-order valence-electron chi connectivity index (χ4n) is 1.71. The van der Waals surface area contributed by atoms with Crippen LogP contribution in [-0.2, 0) is 6.54 Å². The van der Waals surface area contributed by atoms with E-state index in [2.05, 4.69) is 43.0 Å². The lowest BCUT2D eigenvalue weighted by Gasteiger charge is -2.04. The smallest absolute Gasteiger partial charge is 0.153 e. The first-order valence-electron chi connectivity index (χ1n) is 5.84. The molecule has 0 fully saturated rings. The van der Waals surface area contributed by atoms with Crippen molar-refractivity contribution in [2.75, 3.05) is 0 Å². The number of benzene rings is 1. The van der Waals surface area contributed by atoms with E-state index in [9.17, 15) is 0 Å². The molecule has 0 aliphatic carbocycles. The van der Waals surface area contributed by atoms with Crippen LogP contribution in [0.5, 0.6) is 0 Å². The summed E-state index contributed by atoms with van der Waals surface area (Å²) in [5.41, 5.74) is 7.94. The summed E-state index contributed by atoms with van der Waals surface area (Å²) in [4.78, 5) is 4.46. The number of aryl methyl sites for hydroxylation is 1. The van der Waals surface area contributed by atoms with Gasteiger partial charge in [0.15, 0.2) is 5.82 Å². The van der Waals surface area contributed by atoms with E-state index in [0.29, 0.717) is 12.5 Å². The van der Waals surface area contributed by atoms with Gasteiger partial charge in [-0.25, -0.2) is 9.67 Å². The van der Waals surface area contributed by atoms with Gasteiger partial charge in [0.05, 0.1) is 12.2 Å². The third-order valence-corrected chi connectivity index (χ3v) is 2.64. The topological polar surface area (TPSA) is 56.7 Å². The molecule has 0 spiro atoms. The second-order valence-electron chi connectivity index (χ2n) is 4.50. The zero-order valence-corrected chi connectivity index (χ0v) is 10.5. The van der Waals surface area contributed by atoms with Gasteiger partial charge in [-0.05, 0) is 24.6 Å². The van der Waals surface area contributed by atoms with E-state index in [1.54, 1.807) is 0 Å². The fraction of sp³-hybridized carbons (Fsp3) is 0.385. The molecule has 0 bridgehead atoms. The monoisotopic (exact) mass is 230 g/mol. The highest BCUT2D eigenvalue weighted by Crippen LogP contribution is 2.15. The van der Waals surface area contributed by atoms with E-state index in [1.165, 1.54) is 5.56 Å². The lowest BCUT2D eigenvalue weighted by atomic mass is 10.2. The molecule has 17 heavy (non-hydrogen) atoms. The highest BCUT2D eigenvalue weighted by molar-refractivity contribution is 5.35. The largest absolute Gasteiger partial charge is 0.324 e. The number of hydrogen-bond donors (Lipinski definition) is 1. The van der Waals surface area contributed by atoms with E-state index >= 15 is 0 Å². The van der Waals surface area contributed by atoms with Gasteiger partial charge in [-0.2, -0.15) is 5.10 Å². The van der Waals surface area contributed by atoms with E-state index in [0.717, 1.165) is 17.3 Å². The van der Waals surface area contributed by atoms with Crippen LogP contribution in [0.4, 0.5) is 0 Å². The van der Waals surface area contributed by atoms with Crippen LogP contribution in [0, 0.1) is 6.92 Å². The van der Waals surface area contributed by atoms with E-state index in [-0.39, 0.29) is 0 Å². The molecule has 1 heterocycles. The molecule has 2 N–H and O–H groups in total. The third-order valence-electron chi connectivity index (χ3n) is 2.64. The number of aromatic nitrogens is 3. The van der Waals surface area contributed by atoms with Gasteiger partial charge in [-0.1, -0.05) is 26.0 Å². The first kappa shape index (κ1) is 11.8. The molecule has 0 saturated carbocycles. The fourth-order valence-corrected chi connectivity index (χ4v) is 1.71.